The van der Waals surface area contributed by atoms with Crippen LogP contribution in [0.2, 0.25) is 0 Å². The van der Waals surface area contributed by atoms with Gasteiger partial charge in [-0.3, -0.25) is 4.79 Å². The monoisotopic (exact) mass is 587 g/mol. The average molecular weight is 588 g/mol. The van der Waals surface area contributed by atoms with E-state index in [0.29, 0.717) is 52.1 Å². The molecule has 0 fully saturated rings. The number of ether oxygens (including phenoxy) is 1. The summed E-state index contributed by atoms with van der Waals surface area (Å²) in [6, 6.07) is 11.2. The molecule has 3 unspecified atom stereocenters. The molecule has 0 amide bonds. The number of hydrogen-bond acceptors (Lipinski definition) is 9. The first kappa shape index (κ1) is 28.5. The second kappa shape index (κ2) is 11.5. The number of rotatable bonds is 8. The van der Waals surface area contributed by atoms with Crippen LogP contribution in [0.3, 0.4) is 0 Å². The molecule has 0 radical (unpaired) electrons. The Labute approximate surface area is 237 Å². The standard InChI is InChI=1S/C28H28F3N5O4S/c1-14(39-26(38)28(29,30)31)5-4-6-15-11-19-24(20(37)12-15)23(16(13-32)25(33)34-19)21-9-10-22(40-21)41-27-35-17-7-2-3-8-18(17)36-27/h2-3,7-10,13-15,23H,4-6,11-12,32H2,1H3,(H2,33,34)(H,35,36)/b16-13-. The van der Waals surface area contributed by atoms with Crippen molar-refractivity contribution in [3.8, 4) is 0 Å². The topological polar surface area (TPSA) is 150 Å². The van der Waals surface area contributed by atoms with Crippen LogP contribution in [0.25, 0.3) is 11.0 Å². The van der Waals surface area contributed by atoms with E-state index in [1.54, 1.807) is 12.1 Å². The lowest BCUT2D eigenvalue weighted by molar-refractivity contribution is -0.204. The van der Waals surface area contributed by atoms with Crippen molar-refractivity contribution < 1.29 is 31.9 Å². The highest BCUT2D eigenvalue weighted by Crippen LogP contribution is 2.45. The zero-order valence-corrected chi connectivity index (χ0v) is 22.8. The predicted octanol–water partition coefficient (Wildman–Crippen LogP) is 5.50. The third-order valence-electron chi connectivity index (χ3n) is 7.11. The Balaban J connectivity index is 1.29. The number of allylic oxidation sites excluding steroid dienone is 2. The van der Waals surface area contributed by atoms with Gasteiger partial charge < -0.3 is 25.6 Å². The van der Waals surface area contributed by atoms with Gasteiger partial charge in [-0.2, -0.15) is 13.2 Å². The highest BCUT2D eigenvalue weighted by Gasteiger charge is 2.42. The van der Waals surface area contributed by atoms with Crippen LogP contribution >= 0.6 is 11.8 Å². The number of nitrogens with one attached hydrogen (secondary N) is 1. The van der Waals surface area contributed by atoms with Gasteiger partial charge in [-0.15, -0.1) is 0 Å². The first-order chi connectivity index (χ1) is 19.5. The molecule has 0 bridgehead atoms. The predicted molar refractivity (Wildman–Crippen MR) is 146 cm³/mol. The number of alkyl halides is 3. The summed E-state index contributed by atoms with van der Waals surface area (Å²) in [5.41, 5.74) is 15.4. The molecule has 13 heteroatoms. The van der Waals surface area contributed by atoms with Gasteiger partial charge in [-0.1, -0.05) is 12.1 Å². The molecule has 1 aliphatic heterocycles. The number of hydrogen-bond donors (Lipinski definition) is 3. The largest absolute Gasteiger partial charge is 0.490 e. The molecule has 2 aromatic heterocycles. The SMILES string of the molecule is CC(CCCC1CC(=O)C2=C(C1)N=C(N)/C(=C\N)C2c1ccc(Sc2nc3ccccc3[nH]2)o1)OC(=O)C(F)(F)F. The molecule has 9 nitrogen and oxygen atoms in total. The van der Waals surface area contributed by atoms with Crippen LogP contribution in [0, 0.1) is 5.92 Å². The van der Waals surface area contributed by atoms with E-state index in [4.69, 9.17) is 15.9 Å². The summed E-state index contributed by atoms with van der Waals surface area (Å²) in [5, 5.41) is 1.23. The number of nitrogens with two attached hydrogens (primary N) is 2. The lowest BCUT2D eigenvalue weighted by atomic mass is 9.74. The zero-order valence-electron chi connectivity index (χ0n) is 22.0. The summed E-state index contributed by atoms with van der Waals surface area (Å²) in [7, 11) is 0. The average Bonchev–Trinajstić information content (AvgIpc) is 3.53. The van der Waals surface area contributed by atoms with Crippen molar-refractivity contribution in [2.24, 2.45) is 22.4 Å². The van der Waals surface area contributed by atoms with Gasteiger partial charge in [0.2, 0.25) is 0 Å². The second-order valence-corrected chi connectivity index (χ2v) is 11.1. The van der Waals surface area contributed by atoms with E-state index in [2.05, 4.69) is 19.7 Å². The number of para-hydroxylation sites is 2. The van der Waals surface area contributed by atoms with Gasteiger partial charge in [0.05, 0.1) is 28.8 Å². The van der Waals surface area contributed by atoms with Crippen LogP contribution in [-0.4, -0.2) is 39.8 Å². The Bertz CT molecular complexity index is 1540. The fraction of sp³-hybridized carbons (Fsp3) is 0.357. The summed E-state index contributed by atoms with van der Waals surface area (Å²) >= 11 is 1.31. The van der Waals surface area contributed by atoms with Crippen molar-refractivity contribution in [3.63, 3.8) is 0 Å². The minimum absolute atomic E-state index is 0.0804. The lowest BCUT2D eigenvalue weighted by Crippen LogP contribution is -2.33. The number of carbonyl (C=O) groups excluding carboxylic acids is 2. The van der Waals surface area contributed by atoms with Crippen molar-refractivity contribution in [2.75, 3.05) is 0 Å². The molecule has 0 spiro atoms. The summed E-state index contributed by atoms with van der Waals surface area (Å²) in [5.74, 6) is -2.32. The highest BCUT2D eigenvalue weighted by molar-refractivity contribution is 7.99. The zero-order chi connectivity index (χ0) is 29.3. The summed E-state index contributed by atoms with van der Waals surface area (Å²) in [6.07, 6.45) is -2.61. The molecule has 0 saturated heterocycles. The fourth-order valence-corrected chi connectivity index (χ4v) is 6.01. The van der Waals surface area contributed by atoms with Crippen molar-refractivity contribution in [1.82, 2.24) is 9.97 Å². The van der Waals surface area contributed by atoms with Gasteiger partial charge >= 0.3 is 12.1 Å². The van der Waals surface area contributed by atoms with Crippen molar-refractivity contribution >= 4 is 40.4 Å². The van der Waals surface area contributed by atoms with Gasteiger partial charge in [0.25, 0.3) is 0 Å². The molecule has 2 aliphatic rings. The number of amidine groups is 1. The summed E-state index contributed by atoms with van der Waals surface area (Å²) in [4.78, 5) is 36.8. The number of benzene rings is 1. The van der Waals surface area contributed by atoms with Crippen molar-refractivity contribution in [2.45, 2.75) is 67.5 Å². The molecule has 1 aromatic carbocycles. The fourth-order valence-electron chi connectivity index (χ4n) is 5.24. The minimum Gasteiger partial charge on any atom is -0.456 e. The third-order valence-corrected chi connectivity index (χ3v) is 7.92. The molecule has 3 aromatic rings. The number of imidazole rings is 1. The molecule has 41 heavy (non-hydrogen) atoms. The van der Waals surface area contributed by atoms with E-state index in [-0.39, 0.29) is 30.4 Å². The Morgan fingerprint density at radius 2 is 2.05 bits per heavy atom. The van der Waals surface area contributed by atoms with Crippen LogP contribution in [0.1, 0.15) is 50.7 Å². The Kier molecular flexibility index (Phi) is 7.98. The number of H-pyrrole nitrogens is 1. The number of aromatic amines is 1. The maximum atomic E-state index is 13.4. The van der Waals surface area contributed by atoms with Gasteiger partial charge in [0.15, 0.2) is 16.0 Å². The van der Waals surface area contributed by atoms with Crippen molar-refractivity contribution in [1.29, 1.82) is 0 Å². The van der Waals surface area contributed by atoms with Crippen LogP contribution in [-0.2, 0) is 14.3 Å². The van der Waals surface area contributed by atoms with E-state index in [1.807, 2.05) is 24.3 Å². The van der Waals surface area contributed by atoms with Crippen LogP contribution in [0.4, 0.5) is 13.2 Å². The quantitative estimate of drug-likeness (QED) is 0.293. The maximum Gasteiger partial charge on any atom is 0.490 e. The number of Topliss-reactive ketones (excluding diaryl/α,β-unsaturated/α-hetero) is 1. The maximum absolute atomic E-state index is 13.4. The number of halogens is 3. The minimum atomic E-state index is -5.03. The van der Waals surface area contributed by atoms with Gasteiger partial charge in [-0.25, -0.2) is 14.8 Å². The van der Waals surface area contributed by atoms with Gasteiger partial charge in [0.1, 0.15) is 11.6 Å². The smallest absolute Gasteiger partial charge is 0.456 e. The number of carbonyl (C=O) groups is 2. The van der Waals surface area contributed by atoms with E-state index in [0.717, 1.165) is 11.0 Å². The number of ketones is 1. The van der Waals surface area contributed by atoms with Gasteiger partial charge in [-0.05, 0) is 74.6 Å². The molecular weight excluding hydrogens is 559 g/mol. The van der Waals surface area contributed by atoms with E-state index in [9.17, 15) is 22.8 Å². The normalized spacial score (nSPS) is 21.2. The molecule has 1 aliphatic carbocycles. The Morgan fingerprint density at radius 3 is 2.78 bits per heavy atom. The molecule has 5 rings (SSSR count). The number of aliphatic imine (C=N–C) groups is 1. The Hall–Kier alpha value is -4.00. The molecule has 3 heterocycles. The van der Waals surface area contributed by atoms with Crippen molar-refractivity contribution in [3.05, 3.63) is 65.2 Å². The van der Waals surface area contributed by atoms with Gasteiger partial charge in [0, 0.05) is 23.8 Å². The molecule has 0 saturated carbocycles. The summed E-state index contributed by atoms with van der Waals surface area (Å²) < 4.78 is 47.9. The summed E-state index contributed by atoms with van der Waals surface area (Å²) in [6.45, 7) is 1.41. The number of aromatic nitrogens is 2. The molecular formula is C28H28F3N5O4S. The second-order valence-electron chi connectivity index (χ2n) is 10.1. The van der Waals surface area contributed by atoms with E-state index in [1.165, 1.54) is 24.9 Å². The van der Waals surface area contributed by atoms with Crippen LogP contribution in [0.15, 0.2) is 79.1 Å². The number of fused-ring (bicyclic) bond motifs is 1. The Morgan fingerprint density at radius 1 is 1.27 bits per heavy atom. The number of esters is 1. The molecule has 216 valence electrons. The highest BCUT2D eigenvalue weighted by atomic mass is 32.2. The lowest BCUT2D eigenvalue weighted by Gasteiger charge is -2.32. The number of furan rings is 1. The first-order valence-corrected chi connectivity index (χ1v) is 13.9. The van der Waals surface area contributed by atoms with Crippen LogP contribution in [0.5, 0.6) is 0 Å². The number of nitrogens with zero attached hydrogens (tertiary/aromatic N) is 2. The van der Waals surface area contributed by atoms with E-state index < -0.39 is 24.2 Å². The molecule has 5 N–H and O–H groups in total. The van der Waals surface area contributed by atoms with E-state index >= 15 is 0 Å². The van der Waals surface area contributed by atoms with Crippen LogP contribution < -0.4 is 11.5 Å². The third kappa shape index (κ3) is 6.19. The molecule has 3 atom stereocenters. The first-order valence-electron chi connectivity index (χ1n) is 13.1.